The summed E-state index contributed by atoms with van der Waals surface area (Å²) in [5.74, 6) is 0. The van der Waals surface area contributed by atoms with Gasteiger partial charge in [0.1, 0.15) is 17.4 Å². The standard InChI is InChI=1S/C21H15N7O3/c29-21-17-11-24-27(18-8-4-5-9-19(18)28(30)31)20(17)22-14-25(21)12-15-10-23-26(13-15)16-6-2-1-3-7-16/h1-11,13-14H,12H2. The Morgan fingerprint density at radius 3 is 2.55 bits per heavy atom. The van der Waals surface area contributed by atoms with Crippen LogP contribution in [-0.2, 0) is 6.54 Å². The van der Waals surface area contributed by atoms with Crippen LogP contribution in [0.1, 0.15) is 5.56 Å². The minimum Gasteiger partial charge on any atom is -0.294 e. The lowest BCUT2D eigenvalue weighted by Crippen LogP contribution is -2.21. The lowest BCUT2D eigenvalue weighted by molar-refractivity contribution is -0.384. The third kappa shape index (κ3) is 3.25. The van der Waals surface area contributed by atoms with Crippen molar-refractivity contribution in [3.8, 4) is 11.4 Å². The molecule has 0 aliphatic carbocycles. The molecule has 10 nitrogen and oxygen atoms in total. The van der Waals surface area contributed by atoms with E-state index in [4.69, 9.17) is 0 Å². The highest BCUT2D eigenvalue weighted by Crippen LogP contribution is 2.24. The van der Waals surface area contributed by atoms with Gasteiger partial charge in [-0.3, -0.25) is 19.5 Å². The predicted octanol–water partition coefficient (Wildman–Crippen LogP) is 2.72. The summed E-state index contributed by atoms with van der Waals surface area (Å²) in [7, 11) is 0. The normalized spacial score (nSPS) is 11.1. The van der Waals surface area contributed by atoms with Gasteiger partial charge in [-0.25, -0.2) is 14.3 Å². The second-order valence-electron chi connectivity index (χ2n) is 6.85. The van der Waals surface area contributed by atoms with Crippen LogP contribution in [0, 0.1) is 10.1 Å². The van der Waals surface area contributed by atoms with Crippen LogP contribution < -0.4 is 5.56 Å². The molecular weight excluding hydrogens is 398 g/mol. The number of nitro benzene ring substituents is 1. The minimum atomic E-state index is -0.492. The summed E-state index contributed by atoms with van der Waals surface area (Å²) in [6, 6.07) is 15.8. The molecule has 10 heteroatoms. The lowest BCUT2D eigenvalue weighted by atomic mass is 10.2. The third-order valence-electron chi connectivity index (χ3n) is 4.87. The maximum Gasteiger partial charge on any atom is 0.294 e. The van der Waals surface area contributed by atoms with E-state index in [9.17, 15) is 14.9 Å². The highest BCUT2D eigenvalue weighted by Gasteiger charge is 2.19. The molecule has 0 amide bonds. The summed E-state index contributed by atoms with van der Waals surface area (Å²) in [5.41, 5.74) is 1.85. The maximum absolute atomic E-state index is 13.0. The number of rotatable bonds is 5. The second-order valence-corrected chi connectivity index (χ2v) is 6.85. The second kappa shape index (κ2) is 7.34. The van der Waals surface area contributed by atoms with Gasteiger partial charge in [-0.2, -0.15) is 10.2 Å². The Balaban J connectivity index is 1.51. The molecule has 0 spiro atoms. The van der Waals surface area contributed by atoms with Crippen molar-refractivity contribution in [3.05, 3.63) is 106 Å². The molecule has 0 fully saturated rings. The molecule has 2 aromatic carbocycles. The molecule has 5 rings (SSSR count). The molecule has 0 aliphatic rings. The summed E-state index contributed by atoms with van der Waals surface area (Å²) < 4.78 is 4.51. The molecule has 0 bridgehead atoms. The number of aromatic nitrogens is 6. The Bertz CT molecular complexity index is 1470. The van der Waals surface area contributed by atoms with Gasteiger partial charge < -0.3 is 0 Å². The quantitative estimate of drug-likeness (QED) is 0.323. The van der Waals surface area contributed by atoms with Gasteiger partial charge in [-0.05, 0) is 18.2 Å². The Labute approximate surface area is 174 Å². The molecule has 0 aliphatic heterocycles. The van der Waals surface area contributed by atoms with E-state index in [-0.39, 0.29) is 34.5 Å². The van der Waals surface area contributed by atoms with Crippen LogP contribution in [0.2, 0.25) is 0 Å². The van der Waals surface area contributed by atoms with Crippen LogP contribution in [-0.4, -0.2) is 34.0 Å². The molecule has 3 aromatic heterocycles. The third-order valence-corrected chi connectivity index (χ3v) is 4.87. The van der Waals surface area contributed by atoms with Crippen LogP contribution in [0.15, 0.2) is 84.3 Å². The van der Waals surface area contributed by atoms with E-state index >= 15 is 0 Å². The first-order valence-electron chi connectivity index (χ1n) is 9.38. The van der Waals surface area contributed by atoms with E-state index in [1.54, 1.807) is 29.1 Å². The number of benzene rings is 2. The fourth-order valence-corrected chi connectivity index (χ4v) is 3.40. The molecule has 5 aromatic rings. The van der Waals surface area contributed by atoms with Crippen molar-refractivity contribution in [3.63, 3.8) is 0 Å². The van der Waals surface area contributed by atoms with Crippen molar-refractivity contribution in [1.82, 2.24) is 29.1 Å². The molecule has 0 saturated carbocycles. The molecule has 0 radical (unpaired) electrons. The van der Waals surface area contributed by atoms with Crippen molar-refractivity contribution < 1.29 is 4.92 Å². The van der Waals surface area contributed by atoms with Crippen LogP contribution in [0.25, 0.3) is 22.4 Å². The number of nitrogens with zero attached hydrogens (tertiary/aromatic N) is 7. The van der Waals surface area contributed by atoms with Crippen LogP contribution in [0.5, 0.6) is 0 Å². The van der Waals surface area contributed by atoms with Crippen molar-refractivity contribution in [1.29, 1.82) is 0 Å². The van der Waals surface area contributed by atoms with Crippen molar-refractivity contribution in [2.45, 2.75) is 6.54 Å². The summed E-state index contributed by atoms with van der Waals surface area (Å²) in [6.45, 7) is 0.283. The molecule has 0 atom stereocenters. The Morgan fingerprint density at radius 1 is 0.968 bits per heavy atom. The Hall–Kier alpha value is -4.60. The van der Waals surface area contributed by atoms with Gasteiger partial charge in [0.15, 0.2) is 5.65 Å². The first-order chi connectivity index (χ1) is 15.1. The Kier molecular flexibility index (Phi) is 4.36. The zero-order valence-corrected chi connectivity index (χ0v) is 16.1. The Morgan fingerprint density at radius 2 is 1.74 bits per heavy atom. The van der Waals surface area contributed by atoms with Crippen LogP contribution >= 0.6 is 0 Å². The highest BCUT2D eigenvalue weighted by molar-refractivity contribution is 5.76. The highest BCUT2D eigenvalue weighted by atomic mass is 16.6. The van der Waals surface area contributed by atoms with Gasteiger partial charge in [0, 0.05) is 17.8 Å². The zero-order valence-electron chi connectivity index (χ0n) is 16.1. The fraction of sp³-hybridized carbons (Fsp3) is 0.0476. The minimum absolute atomic E-state index is 0.119. The monoisotopic (exact) mass is 413 g/mol. The zero-order chi connectivity index (χ0) is 21.4. The first-order valence-corrected chi connectivity index (χ1v) is 9.38. The van der Waals surface area contributed by atoms with Crippen LogP contribution in [0.4, 0.5) is 5.69 Å². The van der Waals surface area contributed by atoms with E-state index in [1.807, 2.05) is 36.5 Å². The van der Waals surface area contributed by atoms with E-state index in [2.05, 4.69) is 15.2 Å². The van der Waals surface area contributed by atoms with E-state index in [1.165, 1.54) is 27.8 Å². The van der Waals surface area contributed by atoms with Gasteiger partial charge in [-0.1, -0.05) is 30.3 Å². The van der Waals surface area contributed by atoms with E-state index in [0.717, 1.165) is 11.3 Å². The topological polar surface area (TPSA) is 114 Å². The number of para-hydroxylation sites is 3. The summed E-state index contributed by atoms with van der Waals surface area (Å²) in [6.07, 6.45) is 6.34. The molecule has 0 unspecified atom stereocenters. The first kappa shape index (κ1) is 18.4. The fourth-order valence-electron chi connectivity index (χ4n) is 3.40. The summed E-state index contributed by atoms with van der Waals surface area (Å²) in [5, 5.41) is 20.2. The lowest BCUT2D eigenvalue weighted by Gasteiger charge is -2.06. The van der Waals surface area contributed by atoms with Crippen molar-refractivity contribution >= 4 is 16.7 Å². The van der Waals surface area contributed by atoms with Crippen molar-refractivity contribution in [2.75, 3.05) is 0 Å². The molecule has 3 heterocycles. The molecule has 0 N–H and O–H groups in total. The molecular formula is C21H15N7O3. The SMILES string of the molecule is O=c1c2cnn(-c3ccccc3[N+](=O)[O-])c2ncn1Cc1cnn(-c2ccccc2)c1. The summed E-state index contributed by atoms with van der Waals surface area (Å²) in [4.78, 5) is 28.2. The van der Waals surface area contributed by atoms with Gasteiger partial charge in [-0.15, -0.1) is 0 Å². The summed E-state index contributed by atoms with van der Waals surface area (Å²) >= 11 is 0. The average molecular weight is 413 g/mol. The molecule has 0 saturated heterocycles. The molecule has 31 heavy (non-hydrogen) atoms. The number of hydrogen-bond donors (Lipinski definition) is 0. The smallest absolute Gasteiger partial charge is 0.294 e. The predicted molar refractivity (Wildman–Crippen MR) is 112 cm³/mol. The van der Waals surface area contributed by atoms with Gasteiger partial charge in [0.2, 0.25) is 0 Å². The van der Waals surface area contributed by atoms with Gasteiger partial charge >= 0.3 is 0 Å². The van der Waals surface area contributed by atoms with Crippen molar-refractivity contribution in [2.24, 2.45) is 0 Å². The number of fused-ring (bicyclic) bond motifs is 1. The van der Waals surface area contributed by atoms with Gasteiger partial charge in [0.05, 0.1) is 29.5 Å². The number of nitro groups is 1. The molecule has 152 valence electrons. The number of hydrogen-bond acceptors (Lipinski definition) is 6. The van der Waals surface area contributed by atoms with Crippen LogP contribution in [0.3, 0.4) is 0 Å². The van der Waals surface area contributed by atoms with Gasteiger partial charge in [0.25, 0.3) is 11.2 Å². The van der Waals surface area contributed by atoms with E-state index < -0.39 is 4.92 Å². The van der Waals surface area contributed by atoms with E-state index in [0.29, 0.717) is 0 Å². The largest absolute Gasteiger partial charge is 0.294 e. The average Bonchev–Trinajstić information content (AvgIpc) is 3.44. The maximum atomic E-state index is 13.0.